The fourth-order valence-electron chi connectivity index (χ4n) is 4.55. The summed E-state index contributed by atoms with van der Waals surface area (Å²) in [7, 11) is -0.764. The van der Waals surface area contributed by atoms with E-state index >= 15 is 0 Å². The predicted octanol–water partition coefficient (Wildman–Crippen LogP) is 5.23. The van der Waals surface area contributed by atoms with E-state index in [9.17, 15) is 4.79 Å². The van der Waals surface area contributed by atoms with E-state index in [4.69, 9.17) is 9.16 Å². The minimum absolute atomic E-state index is 0.0343. The first-order valence-corrected chi connectivity index (χ1v) is 13.7. The number of carbonyl (C=O) groups excluding carboxylic acids is 1. The number of β-lactam (4-membered cyclic amide) rings is 1. The van der Waals surface area contributed by atoms with Crippen LogP contribution in [0, 0.1) is 0 Å². The highest BCUT2D eigenvalue weighted by molar-refractivity contribution is 6.84. The topological polar surface area (TPSA) is 38.8 Å². The highest BCUT2D eigenvalue weighted by atomic mass is 28.4. The number of rotatable bonds is 8. The number of anilines is 1. The summed E-state index contributed by atoms with van der Waals surface area (Å²) in [5.74, 6) is 0.720. The van der Waals surface area contributed by atoms with Gasteiger partial charge < -0.3 is 9.16 Å². The van der Waals surface area contributed by atoms with E-state index in [0.717, 1.165) is 22.2 Å². The summed E-state index contributed by atoms with van der Waals surface area (Å²) < 4.78 is 12.2. The molecule has 2 atom stereocenters. The van der Waals surface area contributed by atoms with Crippen LogP contribution in [-0.4, -0.2) is 26.9 Å². The quantitative estimate of drug-likeness (QED) is 0.272. The van der Waals surface area contributed by atoms with Gasteiger partial charge in [0, 0.05) is 12.1 Å². The van der Waals surface area contributed by atoms with Gasteiger partial charge in [-0.2, -0.15) is 0 Å². The fourth-order valence-corrected chi connectivity index (χ4v) is 6.86. The van der Waals surface area contributed by atoms with Gasteiger partial charge in [0.25, 0.3) is 5.91 Å². The summed E-state index contributed by atoms with van der Waals surface area (Å²) in [6.07, 6.45) is 2.25. The number of ether oxygens (including phenoxy) is 1. The van der Waals surface area contributed by atoms with Crippen molar-refractivity contribution in [1.82, 2.24) is 0 Å². The molecule has 3 aromatic rings. The largest absolute Gasteiger partial charge is 0.497 e. The van der Waals surface area contributed by atoms with Gasteiger partial charge in [-0.05, 0) is 48.1 Å². The number of hydrogen-bond donors (Lipinski definition) is 0. The van der Waals surface area contributed by atoms with Crippen LogP contribution in [0.2, 0.25) is 13.1 Å². The Kier molecular flexibility index (Phi) is 6.04. The van der Waals surface area contributed by atoms with E-state index in [1.165, 1.54) is 0 Å². The smallest absolute Gasteiger partial charge is 0.261 e. The van der Waals surface area contributed by atoms with E-state index in [-0.39, 0.29) is 11.9 Å². The maximum Gasteiger partial charge on any atom is 0.261 e. The Bertz CT molecular complexity index is 1080. The monoisotopic (exact) mass is 443 g/mol. The molecule has 3 aromatic carbocycles. The molecular formula is C27H29NO3Si. The minimum Gasteiger partial charge on any atom is -0.497 e. The molecule has 4 nitrogen and oxygen atoms in total. The van der Waals surface area contributed by atoms with Crippen molar-refractivity contribution in [3.05, 3.63) is 103 Å². The molecule has 5 heteroatoms. The number of methoxy groups -OCH3 is 1. The molecule has 1 fully saturated rings. The first kappa shape index (κ1) is 22.1. The van der Waals surface area contributed by atoms with E-state index in [1.807, 2.05) is 65.6 Å². The zero-order chi connectivity index (χ0) is 22.8. The van der Waals surface area contributed by atoms with E-state index in [2.05, 4.69) is 43.9 Å². The lowest BCUT2D eigenvalue weighted by Gasteiger charge is -2.57. The molecule has 0 N–H and O–H groups in total. The highest BCUT2D eigenvalue weighted by Gasteiger charge is 2.63. The molecule has 0 aromatic heterocycles. The Balaban J connectivity index is 1.79. The van der Waals surface area contributed by atoms with Crippen LogP contribution in [0.15, 0.2) is 97.6 Å². The number of benzene rings is 3. The average Bonchev–Trinajstić information content (AvgIpc) is 2.83. The van der Waals surface area contributed by atoms with Gasteiger partial charge in [-0.1, -0.05) is 66.7 Å². The summed E-state index contributed by atoms with van der Waals surface area (Å²) in [6, 6.07) is 27.7. The zero-order valence-electron chi connectivity index (χ0n) is 18.8. The standard InChI is InChI=1S/C27H29NO3Si/c1-5-20-27(31-32(3,4)24-14-10-7-11-15-24)25(21-12-8-6-9-13-21)28(26(27)29)22-16-18-23(30-2)19-17-22/h5-19,25H,1,20H2,2-4H3/t25-,27+/m0/s1. The van der Waals surface area contributed by atoms with Crippen molar-refractivity contribution in [2.75, 3.05) is 12.0 Å². The van der Waals surface area contributed by atoms with Crippen LogP contribution >= 0.6 is 0 Å². The van der Waals surface area contributed by atoms with Crippen molar-refractivity contribution in [1.29, 1.82) is 0 Å². The first-order chi connectivity index (χ1) is 15.4. The van der Waals surface area contributed by atoms with Gasteiger partial charge in [0.2, 0.25) is 8.32 Å². The lowest BCUT2D eigenvalue weighted by Crippen LogP contribution is -2.73. The SMILES string of the molecule is C=CC[C@]1(O[Si](C)(C)c2ccccc2)C(=O)N(c2ccc(OC)cc2)[C@H]1c1ccccc1. The van der Waals surface area contributed by atoms with Crippen molar-refractivity contribution in [3.8, 4) is 5.75 Å². The molecule has 0 bridgehead atoms. The molecule has 1 saturated heterocycles. The Hall–Kier alpha value is -3.15. The van der Waals surface area contributed by atoms with Crippen LogP contribution in [0.4, 0.5) is 5.69 Å². The molecule has 0 aliphatic carbocycles. The normalized spacial score (nSPS) is 20.5. The molecule has 1 aliphatic heterocycles. The second-order valence-electron chi connectivity index (χ2n) is 8.55. The molecular weight excluding hydrogens is 414 g/mol. The summed E-state index contributed by atoms with van der Waals surface area (Å²) >= 11 is 0. The molecule has 0 saturated carbocycles. The fraction of sp³-hybridized carbons (Fsp3) is 0.222. The first-order valence-electron chi connectivity index (χ1n) is 10.8. The molecule has 1 heterocycles. The highest BCUT2D eigenvalue weighted by Crippen LogP contribution is 2.51. The van der Waals surface area contributed by atoms with Gasteiger partial charge in [-0.3, -0.25) is 9.69 Å². The summed E-state index contributed by atoms with van der Waals surface area (Å²) in [4.78, 5) is 15.7. The van der Waals surface area contributed by atoms with Gasteiger partial charge in [-0.25, -0.2) is 0 Å². The third-order valence-corrected chi connectivity index (χ3v) is 8.70. The molecule has 1 amide bonds. The maximum absolute atomic E-state index is 13.9. The number of hydrogen-bond acceptors (Lipinski definition) is 3. The van der Waals surface area contributed by atoms with Gasteiger partial charge in [0.05, 0.1) is 13.2 Å². The minimum atomic E-state index is -2.40. The van der Waals surface area contributed by atoms with Crippen LogP contribution in [0.5, 0.6) is 5.75 Å². The summed E-state index contributed by atoms with van der Waals surface area (Å²) in [6.45, 7) is 8.26. The lowest BCUT2D eigenvalue weighted by atomic mass is 9.75. The third kappa shape index (κ3) is 3.78. The summed E-state index contributed by atoms with van der Waals surface area (Å²) in [5, 5.41) is 1.16. The Morgan fingerprint density at radius 2 is 1.56 bits per heavy atom. The van der Waals surface area contributed by atoms with Crippen molar-refractivity contribution < 1.29 is 14.0 Å². The number of nitrogens with zero attached hydrogens (tertiary/aromatic N) is 1. The zero-order valence-corrected chi connectivity index (χ0v) is 19.8. The second kappa shape index (κ2) is 8.77. The van der Waals surface area contributed by atoms with Gasteiger partial charge >= 0.3 is 0 Å². The van der Waals surface area contributed by atoms with Gasteiger partial charge in [-0.15, -0.1) is 6.58 Å². The van der Waals surface area contributed by atoms with Crippen molar-refractivity contribution in [2.24, 2.45) is 0 Å². The Morgan fingerprint density at radius 3 is 2.12 bits per heavy atom. The molecule has 0 spiro atoms. The number of amides is 1. The lowest BCUT2D eigenvalue weighted by molar-refractivity contribution is -0.150. The van der Waals surface area contributed by atoms with Crippen LogP contribution in [0.25, 0.3) is 0 Å². The van der Waals surface area contributed by atoms with Crippen molar-refractivity contribution in [3.63, 3.8) is 0 Å². The van der Waals surface area contributed by atoms with Crippen LogP contribution in [0.1, 0.15) is 18.0 Å². The van der Waals surface area contributed by atoms with Crippen LogP contribution in [0.3, 0.4) is 0 Å². The van der Waals surface area contributed by atoms with Gasteiger partial charge in [0.15, 0.2) is 5.60 Å². The summed E-state index contributed by atoms with van der Waals surface area (Å²) in [5.41, 5.74) is 0.879. The molecule has 4 rings (SSSR count). The molecule has 164 valence electrons. The number of carbonyl (C=O) groups is 1. The van der Waals surface area contributed by atoms with Crippen LogP contribution in [-0.2, 0) is 9.22 Å². The molecule has 32 heavy (non-hydrogen) atoms. The third-order valence-electron chi connectivity index (χ3n) is 6.10. The van der Waals surface area contributed by atoms with E-state index in [1.54, 1.807) is 13.2 Å². The molecule has 0 radical (unpaired) electrons. The maximum atomic E-state index is 13.9. The predicted molar refractivity (Wildman–Crippen MR) is 132 cm³/mol. The van der Waals surface area contributed by atoms with Gasteiger partial charge in [0.1, 0.15) is 5.75 Å². The van der Waals surface area contributed by atoms with E-state index in [0.29, 0.717) is 6.42 Å². The molecule has 1 aliphatic rings. The second-order valence-corrected chi connectivity index (χ2v) is 12.3. The van der Waals surface area contributed by atoms with Crippen LogP contribution < -0.4 is 14.8 Å². The van der Waals surface area contributed by atoms with Crippen molar-refractivity contribution in [2.45, 2.75) is 31.2 Å². The Morgan fingerprint density at radius 1 is 0.969 bits per heavy atom. The van der Waals surface area contributed by atoms with Crippen molar-refractivity contribution >= 4 is 25.1 Å². The van der Waals surface area contributed by atoms with E-state index < -0.39 is 13.9 Å². The average molecular weight is 444 g/mol. The molecule has 0 unspecified atom stereocenters. The Labute approximate surface area is 191 Å².